The van der Waals surface area contributed by atoms with Gasteiger partial charge in [0.15, 0.2) is 5.78 Å². The third kappa shape index (κ3) is 3.20. The zero-order valence-electron chi connectivity index (χ0n) is 12.1. The first-order chi connectivity index (χ1) is 10.7. The van der Waals surface area contributed by atoms with Crippen molar-refractivity contribution in [3.63, 3.8) is 0 Å². The Kier molecular flexibility index (Phi) is 3.98. The van der Waals surface area contributed by atoms with Gasteiger partial charge >= 0.3 is 0 Å². The Morgan fingerprint density at radius 3 is 2.59 bits per heavy atom. The van der Waals surface area contributed by atoms with Crippen LogP contribution in [0.1, 0.15) is 17.7 Å². The van der Waals surface area contributed by atoms with Gasteiger partial charge in [-0.1, -0.05) is 35.5 Å². The van der Waals surface area contributed by atoms with E-state index in [1.807, 2.05) is 18.2 Å². The molecule has 0 fully saturated rings. The molecule has 0 aliphatic heterocycles. The minimum atomic E-state index is -1.34. The van der Waals surface area contributed by atoms with Crippen molar-refractivity contribution in [1.29, 1.82) is 0 Å². The van der Waals surface area contributed by atoms with Crippen molar-refractivity contribution >= 4 is 5.78 Å². The summed E-state index contributed by atoms with van der Waals surface area (Å²) in [5.41, 5.74) is 0.372. The maximum atomic E-state index is 11.1. The number of aliphatic hydroxyl groups is 1. The lowest BCUT2D eigenvalue weighted by Crippen LogP contribution is -2.23. The van der Waals surface area contributed by atoms with E-state index in [4.69, 9.17) is 0 Å². The van der Waals surface area contributed by atoms with E-state index in [0.717, 1.165) is 19.4 Å². The zero-order valence-corrected chi connectivity index (χ0v) is 12.1. The van der Waals surface area contributed by atoms with E-state index in [1.54, 1.807) is 10.9 Å². The predicted octanol–water partition coefficient (Wildman–Crippen LogP) is 1.79. The summed E-state index contributed by atoms with van der Waals surface area (Å²) in [5.74, 6) is -0.139. The van der Waals surface area contributed by atoms with Crippen LogP contribution in [0.3, 0.4) is 0 Å². The standard InChI is InChI=1S/C17H17N3O2/c21-15-8-10-17(22,11-9-15)16-13-20(19-18-16)12-4-7-14-5-2-1-3-6-14/h1-3,5-6,8-11,13,22H,4,7,12H2. The smallest absolute Gasteiger partial charge is 0.178 e. The zero-order chi connectivity index (χ0) is 15.4. The summed E-state index contributed by atoms with van der Waals surface area (Å²) in [6, 6.07) is 10.3. The second-order valence-electron chi connectivity index (χ2n) is 5.35. The lowest BCUT2D eigenvalue weighted by atomic mass is 9.95. The fraction of sp³-hybridized carbons (Fsp3) is 0.235. The number of carbonyl (C=O) groups excluding carboxylic acids is 1. The van der Waals surface area contributed by atoms with Crippen molar-refractivity contribution < 1.29 is 9.90 Å². The van der Waals surface area contributed by atoms with Crippen molar-refractivity contribution in [3.05, 3.63) is 72.1 Å². The minimum absolute atomic E-state index is 0.139. The molecule has 1 aromatic carbocycles. The normalized spacial score (nSPS) is 16.1. The van der Waals surface area contributed by atoms with Gasteiger partial charge < -0.3 is 5.11 Å². The van der Waals surface area contributed by atoms with Crippen molar-refractivity contribution in [2.75, 3.05) is 0 Å². The van der Waals surface area contributed by atoms with E-state index in [9.17, 15) is 9.90 Å². The first-order valence-corrected chi connectivity index (χ1v) is 7.25. The maximum Gasteiger partial charge on any atom is 0.178 e. The summed E-state index contributed by atoms with van der Waals surface area (Å²) < 4.78 is 1.72. The average molecular weight is 295 g/mol. The molecule has 0 saturated carbocycles. The molecule has 0 saturated heterocycles. The molecule has 1 aliphatic rings. The van der Waals surface area contributed by atoms with Crippen LogP contribution in [0, 0.1) is 0 Å². The SMILES string of the molecule is O=C1C=CC(O)(c2cn(CCCc3ccccc3)nn2)C=C1. The Hall–Kier alpha value is -2.53. The largest absolute Gasteiger partial charge is 0.376 e. The Labute approximate surface area is 128 Å². The fourth-order valence-corrected chi connectivity index (χ4v) is 2.38. The molecule has 0 bridgehead atoms. The van der Waals surface area contributed by atoms with Crippen LogP contribution in [0.2, 0.25) is 0 Å². The fourth-order valence-electron chi connectivity index (χ4n) is 2.38. The lowest BCUT2D eigenvalue weighted by molar-refractivity contribution is -0.110. The Balaban J connectivity index is 1.61. The Morgan fingerprint density at radius 1 is 1.14 bits per heavy atom. The minimum Gasteiger partial charge on any atom is -0.376 e. The molecular formula is C17H17N3O2. The quantitative estimate of drug-likeness (QED) is 0.913. The van der Waals surface area contributed by atoms with Crippen LogP contribution in [-0.2, 0) is 23.4 Å². The van der Waals surface area contributed by atoms with E-state index < -0.39 is 5.60 Å². The molecule has 0 unspecified atom stereocenters. The van der Waals surface area contributed by atoms with Crippen molar-refractivity contribution in [1.82, 2.24) is 15.0 Å². The highest BCUT2D eigenvalue weighted by molar-refractivity contribution is 6.00. The molecule has 0 atom stereocenters. The highest BCUT2D eigenvalue weighted by Gasteiger charge is 2.28. The number of ketones is 1. The van der Waals surface area contributed by atoms with Gasteiger partial charge in [0.25, 0.3) is 0 Å². The molecule has 112 valence electrons. The number of hydrogen-bond donors (Lipinski definition) is 1. The van der Waals surface area contributed by atoms with E-state index in [0.29, 0.717) is 5.69 Å². The van der Waals surface area contributed by atoms with Crippen LogP contribution >= 0.6 is 0 Å². The van der Waals surface area contributed by atoms with Gasteiger partial charge in [-0.2, -0.15) is 0 Å². The van der Waals surface area contributed by atoms with Crippen LogP contribution in [0.25, 0.3) is 0 Å². The summed E-state index contributed by atoms with van der Waals surface area (Å²) in [4.78, 5) is 11.1. The number of hydrogen-bond acceptors (Lipinski definition) is 4. The average Bonchev–Trinajstić information content (AvgIpc) is 3.01. The second kappa shape index (κ2) is 6.07. The van der Waals surface area contributed by atoms with E-state index in [-0.39, 0.29) is 5.78 Å². The Morgan fingerprint density at radius 2 is 1.86 bits per heavy atom. The highest BCUT2D eigenvalue weighted by atomic mass is 16.3. The summed E-state index contributed by atoms with van der Waals surface area (Å²) in [6.45, 7) is 0.727. The summed E-state index contributed by atoms with van der Waals surface area (Å²) in [7, 11) is 0. The van der Waals surface area contributed by atoms with E-state index >= 15 is 0 Å². The molecular weight excluding hydrogens is 278 g/mol. The molecule has 3 rings (SSSR count). The molecule has 0 radical (unpaired) electrons. The van der Waals surface area contributed by atoms with Gasteiger partial charge in [0.1, 0.15) is 11.3 Å². The van der Waals surface area contributed by atoms with Gasteiger partial charge in [-0.25, -0.2) is 0 Å². The topological polar surface area (TPSA) is 68.0 Å². The maximum absolute atomic E-state index is 11.1. The summed E-state index contributed by atoms with van der Waals surface area (Å²) in [5, 5.41) is 18.5. The van der Waals surface area contributed by atoms with Crippen molar-refractivity contribution in [2.45, 2.75) is 25.0 Å². The van der Waals surface area contributed by atoms with Crippen molar-refractivity contribution in [3.8, 4) is 0 Å². The van der Waals surface area contributed by atoms with Gasteiger partial charge in [0.2, 0.25) is 0 Å². The number of carbonyl (C=O) groups is 1. The first-order valence-electron chi connectivity index (χ1n) is 7.25. The van der Waals surface area contributed by atoms with Crippen LogP contribution in [-0.4, -0.2) is 25.9 Å². The van der Waals surface area contributed by atoms with Crippen LogP contribution in [0.4, 0.5) is 0 Å². The predicted molar refractivity (Wildman–Crippen MR) is 82.0 cm³/mol. The van der Waals surface area contributed by atoms with Gasteiger partial charge in [-0.05, 0) is 42.7 Å². The Bertz CT molecular complexity index is 701. The van der Waals surface area contributed by atoms with Gasteiger partial charge in [0, 0.05) is 6.54 Å². The molecule has 2 aromatic rings. The molecule has 22 heavy (non-hydrogen) atoms. The number of aryl methyl sites for hydroxylation is 2. The number of rotatable bonds is 5. The van der Waals surface area contributed by atoms with Gasteiger partial charge in [0.05, 0.1) is 6.20 Å². The van der Waals surface area contributed by atoms with Crippen LogP contribution in [0.5, 0.6) is 0 Å². The van der Waals surface area contributed by atoms with Crippen molar-refractivity contribution in [2.24, 2.45) is 0 Å². The number of allylic oxidation sites excluding steroid dienone is 2. The molecule has 1 heterocycles. The van der Waals surface area contributed by atoms with E-state index in [1.165, 1.54) is 29.9 Å². The molecule has 5 nitrogen and oxygen atoms in total. The molecule has 1 aliphatic carbocycles. The monoisotopic (exact) mass is 295 g/mol. The second-order valence-corrected chi connectivity index (χ2v) is 5.35. The highest BCUT2D eigenvalue weighted by Crippen LogP contribution is 2.24. The summed E-state index contributed by atoms with van der Waals surface area (Å²) in [6.07, 6.45) is 9.18. The molecule has 0 amide bonds. The lowest BCUT2D eigenvalue weighted by Gasteiger charge is -2.18. The van der Waals surface area contributed by atoms with Gasteiger partial charge in [-0.3, -0.25) is 9.48 Å². The summed E-state index contributed by atoms with van der Waals surface area (Å²) >= 11 is 0. The van der Waals surface area contributed by atoms with Crippen LogP contribution in [0.15, 0.2) is 60.8 Å². The number of nitrogens with zero attached hydrogens (tertiary/aromatic N) is 3. The molecule has 0 spiro atoms. The first kappa shape index (κ1) is 14.4. The molecule has 5 heteroatoms. The number of aromatic nitrogens is 3. The third-order valence-electron chi connectivity index (χ3n) is 3.65. The molecule has 1 aromatic heterocycles. The van der Waals surface area contributed by atoms with Crippen LogP contribution < -0.4 is 0 Å². The third-order valence-corrected chi connectivity index (χ3v) is 3.65. The van der Waals surface area contributed by atoms with Gasteiger partial charge in [-0.15, -0.1) is 5.10 Å². The number of benzene rings is 1. The molecule has 1 N–H and O–H groups in total. The van der Waals surface area contributed by atoms with E-state index in [2.05, 4.69) is 22.4 Å².